The first-order chi connectivity index (χ1) is 13.3. The molecule has 0 bridgehead atoms. The number of thiazole rings is 1. The first-order valence-electron chi connectivity index (χ1n) is 9.34. The molecule has 5 heteroatoms. The van der Waals surface area contributed by atoms with E-state index in [1.54, 1.807) is 11.3 Å². The molecule has 3 aromatic rings. The third-order valence-corrected chi connectivity index (χ3v) is 5.28. The van der Waals surface area contributed by atoms with Crippen molar-refractivity contribution in [2.45, 2.75) is 32.9 Å². The van der Waals surface area contributed by atoms with Gasteiger partial charge in [-0.25, -0.2) is 4.98 Å². The molecule has 0 saturated carbocycles. The van der Waals surface area contributed by atoms with E-state index in [4.69, 9.17) is 0 Å². The van der Waals surface area contributed by atoms with Crippen molar-refractivity contribution in [3.63, 3.8) is 0 Å². The smallest absolute Gasteiger partial charge is 0.251 e. The zero-order valence-electron chi connectivity index (χ0n) is 15.6. The largest absolute Gasteiger partial charge is 0.352 e. The van der Waals surface area contributed by atoms with Crippen LogP contribution in [-0.4, -0.2) is 17.4 Å². The van der Waals surface area contributed by atoms with Gasteiger partial charge in [0.15, 0.2) is 0 Å². The molecule has 1 aromatic heterocycles. The molecule has 2 aromatic carbocycles. The van der Waals surface area contributed by atoms with Crippen LogP contribution in [0.1, 0.15) is 40.6 Å². The number of amides is 1. The number of unbranched alkanes of at least 4 members (excludes halogenated alkanes) is 1. The van der Waals surface area contributed by atoms with Crippen LogP contribution in [0.2, 0.25) is 0 Å². The predicted molar refractivity (Wildman–Crippen MR) is 112 cm³/mol. The molecule has 27 heavy (non-hydrogen) atoms. The van der Waals surface area contributed by atoms with E-state index in [2.05, 4.69) is 34.7 Å². The Morgan fingerprint density at radius 2 is 1.81 bits per heavy atom. The van der Waals surface area contributed by atoms with E-state index in [0.29, 0.717) is 5.56 Å². The molecule has 0 aliphatic heterocycles. The zero-order chi connectivity index (χ0) is 18.9. The van der Waals surface area contributed by atoms with Gasteiger partial charge in [0.1, 0.15) is 5.01 Å². The molecule has 0 spiro atoms. The van der Waals surface area contributed by atoms with Gasteiger partial charge < -0.3 is 10.6 Å². The summed E-state index contributed by atoms with van der Waals surface area (Å²) in [5, 5.41) is 7.43. The highest BCUT2D eigenvalue weighted by atomic mass is 32.1. The molecule has 0 atom stereocenters. The average molecular weight is 380 g/mol. The number of carbonyl (C=O) groups is 1. The van der Waals surface area contributed by atoms with Gasteiger partial charge in [-0.3, -0.25) is 4.79 Å². The number of hydrogen-bond donors (Lipinski definition) is 2. The molecule has 1 amide bonds. The molecule has 0 radical (unpaired) electrons. The number of hydrogen-bond acceptors (Lipinski definition) is 4. The van der Waals surface area contributed by atoms with Crippen LogP contribution < -0.4 is 10.6 Å². The summed E-state index contributed by atoms with van der Waals surface area (Å²) in [6.07, 6.45) is 4.03. The third kappa shape index (κ3) is 5.74. The lowest BCUT2D eigenvalue weighted by atomic mass is 10.1. The quantitative estimate of drug-likeness (QED) is 0.533. The Bertz CT molecular complexity index is 844. The van der Waals surface area contributed by atoms with E-state index in [-0.39, 0.29) is 5.91 Å². The highest BCUT2D eigenvalue weighted by Crippen LogP contribution is 2.24. The fourth-order valence-corrected chi connectivity index (χ4v) is 3.58. The standard InChI is InChI=1S/C22H25N3OS/c1-2-3-13-24-21(26)18-11-9-17(10-12-18)14-23-15-20-16-25-22(27-20)19-7-5-4-6-8-19/h4-12,16,23H,2-3,13-15H2,1H3,(H,24,26). The van der Waals surface area contributed by atoms with Gasteiger partial charge in [0.05, 0.1) is 0 Å². The van der Waals surface area contributed by atoms with Crippen molar-refractivity contribution in [3.05, 3.63) is 76.8 Å². The van der Waals surface area contributed by atoms with Crippen LogP contribution in [0.15, 0.2) is 60.8 Å². The molecule has 2 N–H and O–H groups in total. The molecule has 0 aliphatic rings. The maximum Gasteiger partial charge on any atom is 0.251 e. The molecular weight excluding hydrogens is 354 g/mol. The summed E-state index contributed by atoms with van der Waals surface area (Å²) in [5.74, 6) is 0.000982. The first-order valence-corrected chi connectivity index (χ1v) is 10.2. The third-order valence-electron chi connectivity index (χ3n) is 4.23. The monoisotopic (exact) mass is 379 g/mol. The number of aromatic nitrogens is 1. The highest BCUT2D eigenvalue weighted by molar-refractivity contribution is 7.15. The maximum atomic E-state index is 12.0. The SMILES string of the molecule is CCCCNC(=O)c1ccc(CNCc2cnc(-c3ccccc3)s2)cc1. The van der Waals surface area contributed by atoms with Gasteiger partial charge in [0.2, 0.25) is 0 Å². The molecule has 4 nitrogen and oxygen atoms in total. The minimum Gasteiger partial charge on any atom is -0.352 e. The first kappa shape index (κ1) is 19.3. The van der Waals surface area contributed by atoms with Gasteiger partial charge in [-0.05, 0) is 24.1 Å². The van der Waals surface area contributed by atoms with Gasteiger partial charge in [0.25, 0.3) is 5.91 Å². The molecule has 140 valence electrons. The number of carbonyl (C=O) groups excluding carboxylic acids is 1. The van der Waals surface area contributed by atoms with Gasteiger partial charge in [-0.15, -0.1) is 11.3 Å². The van der Waals surface area contributed by atoms with Gasteiger partial charge in [-0.1, -0.05) is 55.8 Å². The van der Waals surface area contributed by atoms with Crippen molar-refractivity contribution in [3.8, 4) is 10.6 Å². The summed E-state index contributed by atoms with van der Waals surface area (Å²) in [5.41, 5.74) is 3.03. The number of benzene rings is 2. The Morgan fingerprint density at radius 3 is 2.56 bits per heavy atom. The minimum atomic E-state index is 0.000982. The van der Waals surface area contributed by atoms with Crippen molar-refractivity contribution >= 4 is 17.2 Å². The summed E-state index contributed by atoms with van der Waals surface area (Å²) < 4.78 is 0. The lowest BCUT2D eigenvalue weighted by Gasteiger charge is -2.06. The Morgan fingerprint density at radius 1 is 1.04 bits per heavy atom. The molecule has 0 aliphatic carbocycles. The fourth-order valence-electron chi connectivity index (χ4n) is 2.69. The lowest BCUT2D eigenvalue weighted by Crippen LogP contribution is -2.24. The maximum absolute atomic E-state index is 12.0. The van der Waals surface area contributed by atoms with Crippen LogP contribution in [0, 0.1) is 0 Å². The number of rotatable bonds is 9. The van der Waals surface area contributed by atoms with Crippen molar-refractivity contribution < 1.29 is 4.79 Å². The Labute approximate surface area is 164 Å². The molecule has 1 heterocycles. The topological polar surface area (TPSA) is 54.0 Å². The normalized spacial score (nSPS) is 10.7. The van der Waals surface area contributed by atoms with E-state index >= 15 is 0 Å². The summed E-state index contributed by atoms with van der Waals surface area (Å²) >= 11 is 1.71. The summed E-state index contributed by atoms with van der Waals surface area (Å²) in [7, 11) is 0. The minimum absolute atomic E-state index is 0.000982. The van der Waals surface area contributed by atoms with Crippen LogP contribution in [0.3, 0.4) is 0 Å². The van der Waals surface area contributed by atoms with Crippen LogP contribution >= 0.6 is 11.3 Å². The van der Waals surface area contributed by atoms with E-state index in [9.17, 15) is 4.79 Å². The second-order valence-electron chi connectivity index (χ2n) is 6.41. The predicted octanol–water partition coefficient (Wildman–Crippen LogP) is 4.63. The zero-order valence-corrected chi connectivity index (χ0v) is 16.4. The highest BCUT2D eigenvalue weighted by Gasteiger charge is 2.06. The van der Waals surface area contributed by atoms with Crippen molar-refractivity contribution in [2.75, 3.05) is 6.54 Å². The van der Waals surface area contributed by atoms with Crippen molar-refractivity contribution in [2.24, 2.45) is 0 Å². The number of nitrogens with one attached hydrogen (secondary N) is 2. The van der Waals surface area contributed by atoms with Crippen LogP contribution in [-0.2, 0) is 13.1 Å². The Balaban J connectivity index is 1.47. The van der Waals surface area contributed by atoms with E-state index in [0.717, 1.165) is 48.6 Å². The van der Waals surface area contributed by atoms with Gasteiger partial charge in [0, 0.05) is 41.8 Å². The average Bonchev–Trinajstić information content (AvgIpc) is 3.18. The lowest BCUT2D eigenvalue weighted by molar-refractivity contribution is 0.0953. The van der Waals surface area contributed by atoms with E-state index < -0.39 is 0 Å². The Kier molecular flexibility index (Phi) is 7.13. The van der Waals surface area contributed by atoms with Crippen molar-refractivity contribution in [1.82, 2.24) is 15.6 Å². The second-order valence-corrected chi connectivity index (χ2v) is 7.52. The van der Waals surface area contributed by atoms with Crippen LogP contribution in [0.4, 0.5) is 0 Å². The van der Waals surface area contributed by atoms with Crippen LogP contribution in [0.25, 0.3) is 10.6 Å². The summed E-state index contributed by atoms with van der Waals surface area (Å²) in [6.45, 7) is 4.39. The molecule has 0 unspecified atom stereocenters. The van der Waals surface area contributed by atoms with Gasteiger partial charge >= 0.3 is 0 Å². The van der Waals surface area contributed by atoms with Gasteiger partial charge in [-0.2, -0.15) is 0 Å². The molecule has 0 fully saturated rings. The van der Waals surface area contributed by atoms with Crippen molar-refractivity contribution in [1.29, 1.82) is 0 Å². The second kappa shape index (κ2) is 10.00. The van der Waals surface area contributed by atoms with E-state index in [1.165, 1.54) is 4.88 Å². The summed E-state index contributed by atoms with van der Waals surface area (Å²) in [4.78, 5) is 17.7. The molecular formula is C22H25N3OS. The number of nitrogens with zero attached hydrogens (tertiary/aromatic N) is 1. The summed E-state index contributed by atoms with van der Waals surface area (Å²) in [6, 6.07) is 18.0. The van der Waals surface area contributed by atoms with E-state index in [1.807, 2.05) is 48.7 Å². The fraction of sp³-hybridized carbons (Fsp3) is 0.273. The van der Waals surface area contributed by atoms with Crippen LogP contribution in [0.5, 0.6) is 0 Å². The molecule has 0 saturated heterocycles. The Hall–Kier alpha value is -2.50. The molecule has 3 rings (SSSR count).